The molecule has 2 atom stereocenters. The van der Waals surface area contributed by atoms with E-state index < -0.39 is 29.1 Å². The van der Waals surface area contributed by atoms with Gasteiger partial charge >= 0.3 is 11.7 Å². The van der Waals surface area contributed by atoms with E-state index in [-0.39, 0.29) is 36.8 Å². The fraction of sp³-hybridized carbons (Fsp3) is 0.471. The maximum Gasteiger partial charge on any atom is 0.328 e. The van der Waals surface area contributed by atoms with Crippen LogP contribution in [0.4, 0.5) is 0 Å². The molecule has 140 valence electrons. The molecule has 1 aromatic rings. The number of amides is 1. The Kier molecular flexibility index (Phi) is 5.59. The lowest BCUT2D eigenvalue weighted by Crippen LogP contribution is -2.39. The van der Waals surface area contributed by atoms with Crippen molar-refractivity contribution < 1.29 is 19.5 Å². The molecule has 9 heteroatoms. The summed E-state index contributed by atoms with van der Waals surface area (Å²) in [5.41, 5.74) is -0.601. The van der Waals surface area contributed by atoms with E-state index >= 15 is 0 Å². The number of nitrogens with zero attached hydrogens (tertiary/aromatic N) is 2. The lowest BCUT2D eigenvalue weighted by Gasteiger charge is -2.22. The molecule has 2 N–H and O–H groups in total. The number of Topliss-reactive ketones (excluding diaryl/α,β-unsaturated/α-hetero) is 1. The molecule has 1 aliphatic rings. The summed E-state index contributed by atoms with van der Waals surface area (Å²) in [5.74, 6) is -3.24. The van der Waals surface area contributed by atoms with Crippen LogP contribution in [0.1, 0.15) is 25.8 Å². The van der Waals surface area contributed by atoms with Gasteiger partial charge in [0.15, 0.2) is 5.78 Å². The zero-order chi connectivity index (χ0) is 19.6. The molecular formula is C17H21N3O6. The molecule has 26 heavy (non-hydrogen) atoms. The van der Waals surface area contributed by atoms with Gasteiger partial charge < -0.3 is 10.0 Å². The number of aliphatic carboxylic acids is 1. The van der Waals surface area contributed by atoms with Crippen molar-refractivity contribution in [2.24, 2.45) is 11.8 Å². The van der Waals surface area contributed by atoms with Gasteiger partial charge in [-0.3, -0.25) is 28.7 Å². The van der Waals surface area contributed by atoms with E-state index in [2.05, 4.69) is 4.98 Å². The van der Waals surface area contributed by atoms with Crippen LogP contribution in [0.2, 0.25) is 0 Å². The van der Waals surface area contributed by atoms with Crippen molar-refractivity contribution in [3.05, 3.63) is 44.4 Å². The van der Waals surface area contributed by atoms with Crippen LogP contribution in [-0.4, -0.2) is 43.8 Å². The standard InChI is InChI=1S/C17H21N3O6/c1-9-4-13(21)19(5-10(2)14(9)22)7-12(16(24)25)8-20-6-11(3)15(23)18-17(20)26/h5-6,9,12H,4,7-8H2,1-3H3,(H,24,25)(H,18,23,26). The van der Waals surface area contributed by atoms with Gasteiger partial charge in [0.2, 0.25) is 5.91 Å². The van der Waals surface area contributed by atoms with Crippen molar-refractivity contribution in [3.63, 3.8) is 0 Å². The number of aromatic amines is 1. The maximum absolute atomic E-state index is 12.3. The number of nitrogens with one attached hydrogen (secondary N) is 1. The second kappa shape index (κ2) is 7.51. The second-order valence-corrected chi connectivity index (χ2v) is 6.59. The average molecular weight is 363 g/mol. The third-order valence-corrected chi connectivity index (χ3v) is 4.36. The number of aryl methyl sites for hydroxylation is 1. The molecule has 0 aliphatic carbocycles. The SMILES string of the molecule is CC1=CN(CC(Cn2cc(C)c(=O)[nH]c2=O)C(=O)O)C(=O)CC(C)C1=O. The minimum Gasteiger partial charge on any atom is -0.481 e. The first-order chi connectivity index (χ1) is 12.1. The zero-order valence-corrected chi connectivity index (χ0v) is 14.8. The van der Waals surface area contributed by atoms with E-state index in [1.54, 1.807) is 13.8 Å². The highest BCUT2D eigenvalue weighted by Gasteiger charge is 2.30. The average Bonchev–Trinajstić information content (AvgIpc) is 2.64. The summed E-state index contributed by atoms with van der Waals surface area (Å²) in [6.45, 7) is 4.33. The van der Waals surface area contributed by atoms with Gasteiger partial charge in [0.05, 0.1) is 5.92 Å². The Balaban J connectivity index is 2.29. The Bertz CT molecular complexity index is 894. The van der Waals surface area contributed by atoms with Crippen molar-refractivity contribution in [1.29, 1.82) is 0 Å². The topological polar surface area (TPSA) is 130 Å². The summed E-state index contributed by atoms with van der Waals surface area (Å²) < 4.78 is 1.10. The van der Waals surface area contributed by atoms with Crippen molar-refractivity contribution in [2.75, 3.05) is 6.54 Å². The van der Waals surface area contributed by atoms with E-state index in [1.165, 1.54) is 24.2 Å². The predicted octanol–water partition coefficient (Wildman–Crippen LogP) is -0.113. The van der Waals surface area contributed by atoms with Crippen LogP contribution in [0.15, 0.2) is 27.6 Å². The van der Waals surface area contributed by atoms with Crippen LogP contribution in [0, 0.1) is 18.8 Å². The van der Waals surface area contributed by atoms with E-state index in [0.29, 0.717) is 5.57 Å². The molecule has 9 nitrogen and oxygen atoms in total. The number of carboxylic acids is 1. The third-order valence-electron chi connectivity index (χ3n) is 4.36. The van der Waals surface area contributed by atoms with E-state index in [1.807, 2.05) is 0 Å². The van der Waals surface area contributed by atoms with Crippen LogP contribution >= 0.6 is 0 Å². The minimum atomic E-state index is -1.19. The lowest BCUT2D eigenvalue weighted by atomic mass is 9.99. The number of hydrogen-bond donors (Lipinski definition) is 2. The molecule has 0 saturated carbocycles. The van der Waals surface area contributed by atoms with Crippen molar-refractivity contribution in [1.82, 2.24) is 14.5 Å². The van der Waals surface area contributed by atoms with Crippen LogP contribution in [0.5, 0.6) is 0 Å². The number of rotatable bonds is 5. The molecule has 2 unspecified atom stereocenters. The summed E-state index contributed by atoms with van der Waals surface area (Å²) in [6, 6.07) is 0. The predicted molar refractivity (Wildman–Crippen MR) is 91.4 cm³/mol. The molecule has 0 saturated heterocycles. The van der Waals surface area contributed by atoms with E-state index in [0.717, 1.165) is 4.57 Å². The second-order valence-electron chi connectivity index (χ2n) is 6.59. The number of carbonyl (C=O) groups is 3. The third kappa shape index (κ3) is 4.16. The number of aromatic nitrogens is 2. The highest BCUT2D eigenvalue weighted by atomic mass is 16.4. The molecular weight excluding hydrogens is 342 g/mol. The van der Waals surface area contributed by atoms with Gasteiger partial charge in [-0.05, 0) is 13.8 Å². The van der Waals surface area contributed by atoms with Crippen LogP contribution in [0.3, 0.4) is 0 Å². The summed E-state index contributed by atoms with van der Waals surface area (Å²) in [4.78, 5) is 62.6. The molecule has 1 aromatic heterocycles. The largest absolute Gasteiger partial charge is 0.481 e. The Morgan fingerprint density at radius 3 is 2.54 bits per heavy atom. The molecule has 0 aromatic carbocycles. The monoisotopic (exact) mass is 363 g/mol. The number of carboxylic acid groups (broad SMARTS) is 1. The summed E-state index contributed by atoms with van der Waals surface area (Å²) in [7, 11) is 0. The van der Waals surface area contributed by atoms with E-state index in [4.69, 9.17) is 0 Å². The Labute approximate surface area is 148 Å². The highest BCUT2D eigenvalue weighted by Crippen LogP contribution is 2.19. The number of hydrogen-bond acceptors (Lipinski definition) is 5. The molecule has 0 fully saturated rings. The van der Waals surface area contributed by atoms with Crippen molar-refractivity contribution >= 4 is 17.7 Å². The maximum atomic E-state index is 12.3. The van der Waals surface area contributed by atoms with Gasteiger partial charge in [0, 0.05) is 49.0 Å². The van der Waals surface area contributed by atoms with Crippen LogP contribution in [0.25, 0.3) is 0 Å². The Morgan fingerprint density at radius 2 is 1.92 bits per heavy atom. The summed E-state index contributed by atoms with van der Waals surface area (Å²) >= 11 is 0. The Morgan fingerprint density at radius 1 is 1.27 bits per heavy atom. The van der Waals surface area contributed by atoms with Gasteiger partial charge in [-0.2, -0.15) is 0 Å². The van der Waals surface area contributed by atoms with Crippen LogP contribution in [-0.2, 0) is 20.9 Å². The first kappa shape index (κ1) is 19.4. The number of H-pyrrole nitrogens is 1. The molecule has 0 radical (unpaired) electrons. The quantitative estimate of drug-likeness (QED) is 0.751. The molecule has 0 bridgehead atoms. The number of ketones is 1. The highest BCUT2D eigenvalue weighted by molar-refractivity contribution is 6.00. The van der Waals surface area contributed by atoms with Gasteiger partial charge in [0.1, 0.15) is 0 Å². The lowest BCUT2D eigenvalue weighted by molar-refractivity contribution is -0.143. The van der Waals surface area contributed by atoms with Crippen LogP contribution < -0.4 is 11.2 Å². The smallest absolute Gasteiger partial charge is 0.328 e. The molecule has 2 heterocycles. The summed E-state index contributed by atoms with van der Waals surface area (Å²) in [6.07, 6.45) is 2.65. The molecule has 1 amide bonds. The minimum absolute atomic E-state index is 0.00325. The van der Waals surface area contributed by atoms with Gasteiger partial charge in [-0.1, -0.05) is 6.92 Å². The number of carbonyl (C=O) groups excluding carboxylic acids is 2. The van der Waals surface area contributed by atoms with Crippen molar-refractivity contribution in [2.45, 2.75) is 33.7 Å². The zero-order valence-electron chi connectivity index (χ0n) is 14.8. The normalized spacial score (nSPS) is 19.1. The van der Waals surface area contributed by atoms with E-state index in [9.17, 15) is 29.1 Å². The van der Waals surface area contributed by atoms with Crippen molar-refractivity contribution in [3.8, 4) is 0 Å². The van der Waals surface area contributed by atoms with Gasteiger partial charge in [-0.15, -0.1) is 0 Å². The first-order valence-electron chi connectivity index (χ1n) is 8.15. The Hall–Kier alpha value is -2.97. The first-order valence-corrected chi connectivity index (χ1v) is 8.15. The fourth-order valence-corrected chi connectivity index (χ4v) is 2.83. The number of allylic oxidation sites excluding steroid dienone is 1. The molecule has 0 spiro atoms. The molecule has 1 aliphatic heterocycles. The fourth-order valence-electron chi connectivity index (χ4n) is 2.83. The van der Waals surface area contributed by atoms with Gasteiger partial charge in [0.25, 0.3) is 5.56 Å². The molecule has 2 rings (SSSR count). The van der Waals surface area contributed by atoms with Gasteiger partial charge in [-0.25, -0.2) is 4.79 Å². The summed E-state index contributed by atoms with van der Waals surface area (Å²) in [5, 5.41) is 9.49.